The molecule has 1 amide bonds. The summed E-state index contributed by atoms with van der Waals surface area (Å²) in [6.45, 7) is 6.02. The maximum absolute atomic E-state index is 13.0. The molecule has 0 saturated heterocycles. The van der Waals surface area contributed by atoms with Crippen LogP contribution in [0.4, 0.5) is 14.5 Å². The first-order chi connectivity index (χ1) is 13.8. The highest BCUT2D eigenvalue weighted by Gasteiger charge is 2.22. The minimum Gasteiger partial charge on any atom is -0.457 e. The second kappa shape index (κ2) is 8.30. The van der Waals surface area contributed by atoms with E-state index in [1.807, 2.05) is 26.8 Å². The van der Waals surface area contributed by atoms with Gasteiger partial charge in [-0.1, -0.05) is 12.1 Å². The van der Waals surface area contributed by atoms with Crippen molar-refractivity contribution in [2.24, 2.45) is 7.05 Å². The number of nitrogens with one attached hydrogen (secondary N) is 2. The van der Waals surface area contributed by atoms with Crippen molar-refractivity contribution in [3.63, 3.8) is 0 Å². The molecule has 0 radical (unpaired) electrons. The van der Waals surface area contributed by atoms with E-state index in [0.29, 0.717) is 11.4 Å². The fourth-order valence-electron chi connectivity index (χ4n) is 2.84. The maximum atomic E-state index is 13.0. The minimum atomic E-state index is -2.83. The number of rotatable bonds is 6. The Balaban J connectivity index is 1.66. The molecule has 0 saturated carbocycles. The number of hydrogen-bond acceptors (Lipinski definition) is 4. The van der Waals surface area contributed by atoms with Gasteiger partial charge in [0.1, 0.15) is 17.2 Å². The lowest BCUT2D eigenvalue weighted by molar-refractivity contribution is 0.0948. The van der Waals surface area contributed by atoms with Gasteiger partial charge < -0.3 is 4.74 Å². The lowest BCUT2D eigenvalue weighted by Crippen LogP contribution is -2.29. The number of benzene rings is 2. The highest BCUT2D eigenvalue weighted by Crippen LogP contribution is 2.31. The Morgan fingerprint density at radius 1 is 1.07 bits per heavy atom. The lowest BCUT2D eigenvalue weighted by atomic mass is 10.1. The molecule has 0 aliphatic heterocycles. The van der Waals surface area contributed by atoms with Gasteiger partial charge >= 0.3 is 0 Å². The van der Waals surface area contributed by atoms with Crippen LogP contribution in [-0.2, 0) is 7.05 Å². The van der Waals surface area contributed by atoms with Gasteiger partial charge in [0.25, 0.3) is 12.3 Å². The molecule has 1 heterocycles. The standard InChI is InChI=1S/C21H22F2N4O2/c1-12-5-6-13(2)19(14(12)3)29-16-9-7-15(8-10-16)24-25-21(28)17-11-27(4)26-18(17)20(22)23/h5-11,20,24H,1-4H3,(H,25,28). The topological polar surface area (TPSA) is 68.2 Å². The Labute approximate surface area is 167 Å². The van der Waals surface area contributed by atoms with Crippen molar-refractivity contribution >= 4 is 11.6 Å². The summed E-state index contributed by atoms with van der Waals surface area (Å²) >= 11 is 0. The predicted octanol–water partition coefficient (Wildman–Crippen LogP) is 4.83. The van der Waals surface area contributed by atoms with Crippen LogP contribution in [0.5, 0.6) is 11.5 Å². The third kappa shape index (κ3) is 4.53. The lowest BCUT2D eigenvalue weighted by Gasteiger charge is -2.14. The Morgan fingerprint density at radius 2 is 1.72 bits per heavy atom. The number of aromatic nitrogens is 2. The van der Waals surface area contributed by atoms with E-state index in [-0.39, 0.29) is 5.56 Å². The summed E-state index contributed by atoms with van der Waals surface area (Å²) in [5, 5.41) is 3.62. The number of halogens is 2. The predicted molar refractivity (Wildman–Crippen MR) is 106 cm³/mol. The summed E-state index contributed by atoms with van der Waals surface area (Å²) in [6.07, 6.45) is -1.58. The Bertz CT molecular complexity index is 1030. The number of amides is 1. The smallest absolute Gasteiger partial charge is 0.282 e. The van der Waals surface area contributed by atoms with Gasteiger partial charge in [0.05, 0.1) is 11.3 Å². The second-order valence-electron chi connectivity index (χ2n) is 6.76. The molecule has 0 unspecified atom stereocenters. The molecule has 2 aromatic carbocycles. The highest BCUT2D eigenvalue weighted by atomic mass is 19.3. The number of carbonyl (C=O) groups excluding carboxylic acids is 1. The van der Waals surface area contributed by atoms with Crippen molar-refractivity contribution in [1.29, 1.82) is 0 Å². The molecule has 0 aliphatic carbocycles. The second-order valence-corrected chi connectivity index (χ2v) is 6.76. The summed E-state index contributed by atoms with van der Waals surface area (Å²) in [7, 11) is 1.48. The van der Waals surface area contributed by atoms with Crippen molar-refractivity contribution in [1.82, 2.24) is 15.2 Å². The SMILES string of the molecule is Cc1ccc(C)c(Oc2ccc(NNC(=O)c3cn(C)nc3C(F)F)cc2)c1C. The van der Waals surface area contributed by atoms with Gasteiger partial charge in [0.2, 0.25) is 0 Å². The van der Waals surface area contributed by atoms with Crippen molar-refractivity contribution in [2.45, 2.75) is 27.2 Å². The van der Waals surface area contributed by atoms with Gasteiger partial charge in [0.15, 0.2) is 0 Å². The number of hydrogen-bond donors (Lipinski definition) is 2. The number of carbonyl (C=O) groups is 1. The molecule has 0 atom stereocenters. The first-order valence-corrected chi connectivity index (χ1v) is 8.99. The monoisotopic (exact) mass is 400 g/mol. The molecule has 1 aromatic heterocycles. The van der Waals surface area contributed by atoms with Crippen LogP contribution in [0.1, 0.15) is 39.2 Å². The average molecular weight is 400 g/mol. The molecule has 3 aromatic rings. The number of alkyl halides is 2. The summed E-state index contributed by atoms with van der Waals surface area (Å²) in [5.74, 6) is 0.765. The van der Waals surface area contributed by atoms with Crippen molar-refractivity contribution in [3.05, 3.63) is 70.5 Å². The molecule has 0 fully saturated rings. The van der Waals surface area contributed by atoms with Crippen LogP contribution >= 0.6 is 0 Å². The van der Waals surface area contributed by atoms with E-state index < -0.39 is 18.0 Å². The summed E-state index contributed by atoms with van der Waals surface area (Å²) < 4.78 is 33.1. The Hall–Kier alpha value is -3.42. The van der Waals surface area contributed by atoms with Gasteiger partial charge in [-0.05, 0) is 61.7 Å². The van der Waals surface area contributed by atoms with E-state index >= 15 is 0 Å². The van der Waals surface area contributed by atoms with Crippen molar-refractivity contribution in [2.75, 3.05) is 5.43 Å². The summed E-state index contributed by atoms with van der Waals surface area (Å²) in [6, 6.07) is 11.0. The fraction of sp³-hybridized carbons (Fsp3) is 0.238. The molecule has 6 nitrogen and oxygen atoms in total. The molecule has 8 heteroatoms. The number of hydrazine groups is 1. The van der Waals surface area contributed by atoms with E-state index in [0.717, 1.165) is 22.4 Å². The zero-order valence-corrected chi connectivity index (χ0v) is 16.6. The Morgan fingerprint density at radius 3 is 2.38 bits per heavy atom. The number of nitrogens with zero attached hydrogens (tertiary/aromatic N) is 2. The van der Waals surface area contributed by atoms with Crippen molar-refractivity contribution in [3.8, 4) is 11.5 Å². The number of aryl methyl sites for hydroxylation is 3. The van der Waals surface area contributed by atoms with Crippen LogP contribution < -0.4 is 15.6 Å². The fourth-order valence-corrected chi connectivity index (χ4v) is 2.84. The van der Waals surface area contributed by atoms with Crippen LogP contribution in [0.15, 0.2) is 42.6 Å². The first-order valence-electron chi connectivity index (χ1n) is 8.99. The van der Waals surface area contributed by atoms with E-state index in [2.05, 4.69) is 22.0 Å². The van der Waals surface area contributed by atoms with Gasteiger partial charge in [0, 0.05) is 13.2 Å². The van der Waals surface area contributed by atoms with E-state index in [1.165, 1.54) is 17.9 Å². The zero-order chi connectivity index (χ0) is 21.1. The molecular formula is C21H22F2N4O2. The maximum Gasteiger partial charge on any atom is 0.282 e. The minimum absolute atomic E-state index is 0.180. The van der Waals surface area contributed by atoms with Crippen LogP contribution in [0.3, 0.4) is 0 Å². The highest BCUT2D eigenvalue weighted by molar-refractivity contribution is 5.95. The molecular weight excluding hydrogens is 378 g/mol. The van der Waals surface area contributed by atoms with Crippen LogP contribution in [0, 0.1) is 20.8 Å². The van der Waals surface area contributed by atoms with Crippen LogP contribution in [0.2, 0.25) is 0 Å². The molecule has 0 spiro atoms. The van der Waals surface area contributed by atoms with Gasteiger partial charge in [-0.2, -0.15) is 5.10 Å². The van der Waals surface area contributed by atoms with Gasteiger partial charge in [-0.3, -0.25) is 20.3 Å². The summed E-state index contributed by atoms with van der Waals surface area (Å²) in [4.78, 5) is 12.2. The first kappa shape index (κ1) is 20.3. The molecule has 29 heavy (non-hydrogen) atoms. The summed E-state index contributed by atoms with van der Waals surface area (Å²) in [5.41, 5.74) is 8.20. The molecule has 3 rings (SSSR count). The third-order valence-corrected chi connectivity index (χ3v) is 4.58. The third-order valence-electron chi connectivity index (χ3n) is 4.58. The Kier molecular flexibility index (Phi) is 5.81. The molecule has 0 aliphatic rings. The molecule has 2 N–H and O–H groups in total. The van der Waals surface area contributed by atoms with Crippen LogP contribution in [0.25, 0.3) is 0 Å². The largest absolute Gasteiger partial charge is 0.457 e. The van der Waals surface area contributed by atoms with Crippen LogP contribution in [-0.4, -0.2) is 15.7 Å². The van der Waals surface area contributed by atoms with Gasteiger partial charge in [-0.15, -0.1) is 0 Å². The number of anilines is 1. The molecule has 0 bridgehead atoms. The quantitative estimate of drug-likeness (QED) is 0.582. The zero-order valence-electron chi connectivity index (χ0n) is 16.6. The normalized spacial score (nSPS) is 10.9. The molecule has 152 valence electrons. The van der Waals surface area contributed by atoms with E-state index in [9.17, 15) is 13.6 Å². The van der Waals surface area contributed by atoms with E-state index in [4.69, 9.17) is 4.74 Å². The van der Waals surface area contributed by atoms with Crippen molar-refractivity contribution < 1.29 is 18.3 Å². The van der Waals surface area contributed by atoms with E-state index in [1.54, 1.807) is 24.3 Å². The average Bonchev–Trinajstić information content (AvgIpc) is 3.09. The van der Waals surface area contributed by atoms with Gasteiger partial charge in [-0.25, -0.2) is 8.78 Å². The number of ether oxygens (including phenoxy) is 1.